The van der Waals surface area contributed by atoms with Gasteiger partial charge in [0.05, 0.1) is 6.10 Å². The molecule has 1 unspecified atom stereocenters. The fourth-order valence-corrected chi connectivity index (χ4v) is 2.51. The Morgan fingerprint density at radius 3 is 2.95 bits per heavy atom. The minimum Gasteiger partial charge on any atom is -0.377 e. The summed E-state index contributed by atoms with van der Waals surface area (Å²) in [5.41, 5.74) is 1.46. The molecule has 1 aromatic rings. The van der Waals surface area contributed by atoms with Gasteiger partial charge in [0.25, 0.3) is 5.91 Å². The normalized spacial score (nSPS) is 20.1. The molecule has 1 aliphatic heterocycles. The van der Waals surface area contributed by atoms with Crippen LogP contribution in [0, 0.1) is 0 Å². The van der Waals surface area contributed by atoms with Gasteiger partial charge in [-0.15, -0.1) is 0 Å². The van der Waals surface area contributed by atoms with Crippen LogP contribution in [-0.2, 0) is 4.74 Å². The maximum Gasteiger partial charge on any atom is 0.254 e. The first-order valence-corrected chi connectivity index (χ1v) is 7.43. The van der Waals surface area contributed by atoms with Gasteiger partial charge in [-0.2, -0.15) is 0 Å². The van der Waals surface area contributed by atoms with Crippen molar-refractivity contribution in [3.05, 3.63) is 28.5 Å². The number of hydrogen-bond donors (Lipinski definition) is 0. The largest absolute Gasteiger partial charge is 0.377 e. The minimum absolute atomic E-state index is 0.00792. The quantitative estimate of drug-likeness (QED) is 0.788. The molecule has 5 heteroatoms. The number of aromatic nitrogens is 1. The Balaban J connectivity index is 2.23. The molecule has 0 aliphatic carbocycles. The summed E-state index contributed by atoms with van der Waals surface area (Å²) in [4.78, 5) is 18.7. The SMILES string of the molecule is CC1CN(C(=O)c2cc(Cl)nc(C(C)C)c2)CCCO1. The van der Waals surface area contributed by atoms with Gasteiger partial charge in [-0.3, -0.25) is 4.79 Å². The van der Waals surface area contributed by atoms with E-state index in [1.54, 1.807) is 6.07 Å². The lowest BCUT2D eigenvalue weighted by Gasteiger charge is -2.22. The van der Waals surface area contributed by atoms with Crippen LogP contribution in [0.25, 0.3) is 0 Å². The Morgan fingerprint density at radius 1 is 1.50 bits per heavy atom. The molecule has 110 valence electrons. The average Bonchev–Trinajstić information content (AvgIpc) is 2.61. The van der Waals surface area contributed by atoms with Crippen molar-refractivity contribution in [2.45, 2.75) is 39.2 Å². The van der Waals surface area contributed by atoms with Crippen molar-refractivity contribution in [1.82, 2.24) is 9.88 Å². The maximum atomic E-state index is 12.6. The summed E-state index contributed by atoms with van der Waals surface area (Å²) in [5.74, 6) is 0.250. The molecule has 1 aromatic heterocycles. The van der Waals surface area contributed by atoms with Crippen LogP contribution in [0.3, 0.4) is 0 Å². The summed E-state index contributed by atoms with van der Waals surface area (Å²) in [7, 11) is 0. The van der Waals surface area contributed by atoms with Crippen molar-refractivity contribution in [2.24, 2.45) is 0 Å². The molecule has 4 nitrogen and oxygen atoms in total. The highest BCUT2D eigenvalue weighted by atomic mass is 35.5. The van der Waals surface area contributed by atoms with Crippen LogP contribution in [0.4, 0.5) is 0 Å². The van der Waals surface area contributed by atoms with E-state index in [1.807, 2.05) is 31.7 Å². The van der Waals surface area contributed by atoms with Crippen molar-refractivity contribution < 1.29 is 9.53 Å². The lowest BCUT2D eigenvalue weighted by atomic mass is 10.1. The first-order valence-electron chi connectivity index (χ1n) is 7.05. The standard InChI is InChI=1S/C15H21ClN2O2/c1-10(2)13-7-12(8-14(16)17-13)15(19)18-5-4-6-20-11(3)9-18/h7-8,10-11H,4-6,9H2,1-3H3. The number of nitrogens with zero attached hydrogens (tertiary/aromatic N) is 2. The van der Waals surface area contributed by atoms with E-state index in [4.69, 9.17) is 16.3 Å². The third-order valence-electron chi connectivity index (χ3n) is 3.39. The summed E-state index contributed by atoms with van der Waals surface area (Å²) < 4.78 is 5.57. The Labute approximate surface area is 125 Å². The lowest BCUT2D eigenvalue weighted by Crippen LogP contribution is -2.36. The van der Waals surface area contributed by atoms with Crippen molar-refractivity contribution >= 4 is 17.5 Å². The van der Waals surface area contributed by atoms with E-state index < -0.39 is 0 Å². The number of rotatable bonds is 2. The molecule has 1 fully saturated rings. The van der Waals surface area contributed by atoms with Crippen LogP contribution in [0.15, 0.2) is 12.1 Å². The molecule has 0 N–H and O–H groups in total. The highest BCUT2D eigenvalue weighted by molar-refractivity contribution is 6.29. The van der Waals surface area contributed by atoms with E-state index in [2.05, 4.69) is 4.98 Å². The molecule has 1 aliphatic rings. The summed E-state index contributed by atoms with van der Waals surface area (Å²) >= 11 is 6.03. The molecule has 0 saturated carbocycles. The number of halogens is 1. The molecular formula is C15H21ClN2O2. The van der Waals surface area contributed by atoms with E-state index in [1.165, 1.54) is 0 Å². The average molecular weight is 297 g/mol. The van der Waals surface area contributed by atoms with Crippen LogP contribution in [0.5, 0.6) is 0 Å². The second-order valence-corrected chi connectivity index (χ2v) is 5.93. The van der Waals surface area contributed by atoms with Gasteiger partial charge in [0.15, 0.2) is 0 Å². The smallest absolute Gasteiger partial charge is 0.254 e. The molecule has 2 rings (SSSR count). The van der Waals surface area contributed by atoms with E-state index in [-0.39, 0.29) is 17.9 Å². The molecular weight excluding hydrogens is 276 g/mol. The van der Waals surface area contributed by atoms with Gasteiger partial charge in [-0.25, -0.2) is 4.98 Å². The Bertz CT molecular complexity index is 491. The number of amides is 1. The van der Waals surface area contributed by atoms with Gasteiger partial charge in [-0.05, 0) is 31.4 Å². The van der Waals surface area contributed by atoms with Gasteiger partial charge < -0.3 is 9.64 Å². The minimum atomic E-state index is 0.00792. The van der Waals surface area contributed by atoms with Crippen molar-refractivity contribution in [3.8, 4) is 0 Å². The first-order chi connectivity index (χ1) is 9.47. The van der Waals surface area contributed by atoms with Gasteiger partial charge in [0.2, 0.25) is 0 Å². The number of hydrogen-bond acceptors (Lipinski definition) is 3. The predicted octanol–water partition coefficient (Wildman–Crippen LogP) is 3.11. The molecule has 0 radical (unpaired) electrons. The molecule has 0 aromatic carbocycles. The lowest BCUT2D eigenvalue weighted by molar-refractivity contribution is 0.0562. The fourth-order valence-electron chi connectivity index (χ4n) is 2.30. The van der Waals surface area contributed by atoms with Gasteiger partial charge in [0, 0.05) is 31.0 Å². The summed E-state index contributed by atoms with van der Waals surface area (Å²) in [5, 5.41) is 0.374. The van der Waals surface area contributed by atoms with Gasteiger partial charge >= 0.3 is 0 Å². The molecule has 1 amide bonds. The molecule has 20 heavy (non-hydrogen) atoms. The Morgan fingerprint density at radius 2 is 2.25 bits per heavy atom. The zero-order valence-electron chi connectivity index (χ0n) is 12.2. The van der Waals surface area contributed by atoms with Crippen molar-refractivity contribution in [3.63, 3.8) is 0 Å². The van der Waals surface area contributed by atoms with Crippen molar-refractivity contribution in [2.75, 3.05) is 19.7 Å². The maximum absolute atomic E-state index is 12.6. The molecule has 1 saturated heterocycles. The number of pyridine rings is 1. The first kappa shape index (κ1) is 15.3. The van der Waals surface area contributed by atoms with Crippen LogP contribution in [-0.4, -0.2) is 41.6 Å². The molecule has 0 bridgehead atoms. The number of carbonyl (C=O) groups is 1. The Hall–Kier alpha value is -1.13. The van der Waals surface area contributed by atoms with Crippen LogP contribution in [0.2, 0.25) is 5.15 Å². The topological polar surface area (TPSA) is 42.4 Å². The zero-order valence-corrected chi connectivity index (χ0v) is 13.0. The summed E-state index contributed by atoms with van der Waals surface area (Å²) in [6, 6.07) is 3.49. The fraction of sp³-hybridized carbons (Fsp3) is 0.600. The molecule has 0 spiro atoms. The molecule has 1 atom stereocenters. The van der Waals surface area contributed by atoms with E-state index in [9.17, 15) is 4.79 Å². The van der Waals surface area contributed by atoms with Crippen LogP contribution in [0.1, 0.15) is 49.2 Å². The summed E-state index contributed by atoms with van der Waals surface area (Å²) in [6.07, 6.45) is 0.940. The van der Waals surface area contributed by atoms with E-state index in [0.29, 0.717) is 23.9 Å². The van der Waals surface area contributed by atoms with E-state index in [0.717, 1.165) is 18.7 Å². The monoisotopic (exact) mass is 296 g/mol. The van der Waals surface area contributed by atoms with E-state index >= 15 is 0 Å². The molecule has 2 heterocycles. The highest BCUT2D eigenvalue weighted by Crippen LogP contribution is 2.19. The number of carbonyl (C=O) groups excluding carboxylic acids is 1. The van der Waals surface area contributed by atoms with Crippen LogP contribution < -0.4 is 0 Å². The third kappa shape index (κ3) is 3.70. The highest BCUT2D eigenvalue weighted by Gasteiger charge is 2.22. The number of ether oxygens (including phenoxy) is 1. The second-order valence-electron chi connectivity index (χ2n) is 5.54. The van der Waals surface area contributed by atoms with Crippen molar-refractivity contribution in [1.29, 1.82) is 0 Å². The second kappa shape index (κ2) is 6.55. The zero-order chi connectivity index (χ0) is 14.7. The summed E-state index contributed by atoms with van der Waals surface area (Å²) in [6.45, 7) is 8.11. The van der Waals surface area contributed by atoms with Crippen LogP contribution >= 0.6 is 11.6 Å². The predicted molar refractivity (Wildman–Crippen MR) is 79.3 cm³/mol. The van der Waals surface area contributed by atoms with Gasteiger partial charge in [0.1, 0.15) is 5.15 Å². The third-order valence-corrected chi connectivity index (χ3v) is 3.59. The Kier molecular flexibility index (Phi) is 5.00. The van der Waals surface area contributed by atoms with Gasteiger partial charge in [-0.1, -0.05) is 25.4 Å².